The Hall–Kier alpha value is -3.03. The Bertz CT molecular complexity index is 1330. The second kappa shape index (κ2) is 7.34. The fraction of sp³-hybridized carbons (Fsp3) is 0.261. The monoisotopic (exact) mass is 419 g/mol. The van der Waals surface area contributed by atoms with Crippen LogP contribution in [0.1, 0.15) is 28.9 Å². The van der Waals surface area contributed by atoms with Crippen molar-refractivity contribution in [3.8, 4) is 11.1 Å². The van der Waals surface area contributed by atoms with Crippen molar-refractivity contribution in [2.24, 2.45) is 0 Å². The maximum atomic E-state index is 13.7. The molecule has 1 saturated heterocycles. The van der Waals surface area contributed by atoms with Crippen LogP contribution in [0.15, 0.2) is 52.6 Å². The van der Waals surface area contributed by atoms with Crippen molar-refractivity contribution in [1.29, 1.82) is 0 Å². The highest BCUT2D eigenvalue weighted by atomic mass is 32.1. The molecule has 4 heterocycles. The van der Waals surface area contributed by atoms with Gasteiger partial charge in [-0.25, -0.2) is 0 Å². The second-order valence-electron chi connectivity index (χ2n) is 7.63. The Morgan fingerprint density at radius 2 is 2.07 bits per heavy atom. The molecule has 30 heavy (non-hydrogen) atoms. The Morgan fingerprint density at radius 1 is 1.27 bits per heavy atom. The van der Waals surface area contributed by atoms with Crippen molar-refractivity contribution in [2.75, 3.05) is 13.2 Å². The first-order valence-corrected chi connectivity index (χ1v) is 10.9. The Labute approximate surface area is 177 Å². The van der Waals surface area contributed by atoms with Gasteiger partial charge in [0, 0.05) is 17.5 Å². The number of thiophene rings is 1. The molecule has 1 atom stereocenters. The molecule has 0 unspecified atom stereocenters. The minimum absolute atomic E-state index is 0.0617. The van der Waals surface area contributed by atoms with Gasteiger partial charge in [0.15, 0.2) is 0 Å². The number of hydrogen-bond donors (Lipinski definition) is 1. The Balaban J connectivity index is 1.85. The van der Waals surface area contributed by atoms with Crippen molar-refractivity contribution >= 4 is 32.8 Å². The lowest BCUT2D eigenvalue weighted by atomic mass is 10.0. The van der Waals surface area contributed by atoms with Gasteiger partial charge in [0.1, 0.15) is 0 Å². The fourth-order valence-corrected chi connectivity index (χ4v) is 5.33. The highest BCUT2D eigenvalue weighted by molar-refractivity contribution is 7.18. The highest BCUT2D eigenvalue weighted by Crippen LogP contribution is 2.32. The maximum Gasteiger partial charge on any atom is 0.279 e. The second-order valence-corrected chi connectivity index (χ2v) is 8.55. The van der Waals surface area contributed by atoms with Gasteiger partial charge in [0.05, 0.1) is 34.1 Å². The number of pyridine rings is 1. The number of aromatic nitrogens is 2. The number of nitrogens with zero attached hydrogens (tertiary/aromatic N) is 3. The van der Waals surface area contributed by atoms with Crippen LogP contribution in [0.3, 0.4) is 0 Å². The minimum atomic E-state index is -0.244. The van der Waals surface area contributed by atoms with E-state index < -0.39 is 0 Å². The van der Waals surface area contributed by atoms with E-state index in [0.717, 1.165) is 34.2 Å². The van der Waals surface area contributed by atoms with Gasteiger partial charge < -0.3 is 10.0 Å². The van der Waals surface area contributed by atoms with Gasteiger partial charge in [-0.15, -0.1) is 11.3 Å². The molecule has 0 radical (unpaired) electrons. The number of aliphatic hydroxyl groups excluding tert-OH is 1. The molecule has 0 aliphatic carbocycles. The summed E-state index contributed by atoms with van der Waals surface area (Å²) >= 11 is 1.50. The molecule has 1 aliphatic heterocycles. The predicted molar refractivity (Wildman–Crippen MR) is 118 cm³/mol. The van der Waals surface area contributed by atoms with Crippen LogP contribution in [0.2, 0.25) is 0 Å². The molecule has 152 valence electrons. The van der Waals surface area contributed by atoms with Crippen LogP contribution in [0.25, 0.3) is 26.7 Å². The number of carbonyl (C=O) groups excluding carboxylic acids is 1. The third kappa shape index (κ3) is 2.85. The van der Waals surface area contributed by atoms with E-state index in [-0.39, 0.29) is 24.1 Å². The smallest absolute Gasteiger partial charge is 0.279 e. The van der Waals surface area contributed by atoms with E-state index in [1.54, 1.807) is 11.0 Å². The molecule has 1 fully saturated rings. The van der Waals surface area contributed by atoms with Gasteiger partial charge in [-0.2, -0.15) is 9.61 Å². The summed E-state index contributed by atoms with van der Waals surface area (Å²) in [6, 6.07) is 12.8. The number of aliphatic hydroxyl groups is 1. The average molecular weight is 420 g/mol. The van der Waals surface area contributed by atoms with Crippen LogP contribution in [0.4, 0.5) is 0 Å². The van der Waals surface area contributed by atoms with Crippen molar-refractivity contribution in [3.63, 3.8) is 0 Å². The number of likely N-dealkylation sites (tertiary alicyclic amines) is 1. The number of benzene rings is 1. The average Bonchev–Trinajstić information content (AvgIpc) is 3.44. The molecule has 0 bridgehead atoms. The summed E-state index contributed by atoms with van der Waals surface area (Å²) in [5.41, 5.74) is 2.69. The zero-order valence-electron chi connectivity index (χ0n) is 16.5. The summed E-state index contributed by atoms with van der Waals surface area (Å²) in [5.74, 6) is -0.165. The van der Waals surface area contributed by atoms with Crippen LogP contribution in [0, 0.1) is 6.92 Å². The van der Waals surface area contributed by atoms with Gasteiger partial charge in [0.25, 0.3) is 11.5 Å². The van der Waals surface area contributed by atoms with E-state index in [0.29, 0.717) is 23.2 Å². The molecule has 6 nitrogen and oxygen atoms in total. The van der Waals surface area contributed by atoms with Crippen molar-refractivity contribution in [2.45, 2.75) is 25.8 Å². The number of hydrogen-bond acceptors (Lipinski definition) is 5. The third-order valence-corrected chi connectivity index (χ3v) is 6.78. The normalized spacial score (nSPS) is 16.6. The third-order valence-electron chi connectivity index (χ3n) is 5.86. The van der Waals surface area contributed by atoms with Crippen LogP contribution >= 0.6 is 11.3 Å². The zero-order valence-corrected chi connectivity index (χ0v) is 17.4. The Morgan fingerprint density at radius 3 is 2.83 bits per heavy atom. The molecule has 1 amide bonds. The standard InChI is InChI=1S/C23H21N3O3S/c1-14-17-9-11-30-21(17)20-19(22(28)25-10-5-8-16(25)13-27)12-18(23(29)26(20)24-14)15-6-3-2-4-7-15/h2-4,6-7,9,11-12,16,27H,5,8,10,13H2,1H3/t16-/m1/s1. The summed E-state index contributed by atoms with van der Waals surface area (Å²) in [7, 11) is 0. The van der Waals surface area contributed by atoms with E-state index >= 15 is 0 Å². The lowest BCUT2D eigenvalue weighted by Crippen LogP contribution is -2.38. The first-order chi connectivity index (χ1) is 14.6. The highest BCUT2D eigenvalue weighted by Gasteiger charge is 2.31. The van der Waals surface area contributed by atoms with Crippen molar-refractivity contribution in [3.05, 3.63) is 69.5 Å². The van der Waals surface area contributed by atoms with Crippen LogP contribution in [-0.4, -0.2) is 44.7 Å². The number of carbonyl (C=O) groups is 1. The van der Waals surface area contributed by atoms with Crippen LogP contribution in [0.5, 0.6) is 0 Å². The Kier molecular flexibility index (Phi) is 4.64. The molecule has 0 spiro atoms. The molecule has 3 aromatic heterocycles. The van der Waals surface area contributed by atoms with Gasteiger partial charge in [-0.1, -0.05) is 30.3 Å². The molecule has 1 aliphatic rings. The van der Waals surface area contributed by atoms with Crippen LogP contribution in [-0.2, 0) is 0 Å². The number of rotatable bonds is 3. The van der Waals surface area contributed by atoms with Crippen LogP contribution < -0.4 is 5.56 Å². The van der Waals surface area contributed by atoms with E-state index in [4.69, 9.17) is 0 Å². The van der Waals surface area contributed by atoms with Gasteiger partial charge >= 0.3 is 0 Å². The fourth-order valence-electron chi connectivity index (χ4n) is 4.33. The van der Waals surface area contributed by atoms with E-state index in [1.165, 1.54) is 15.9 Å². The topological polar surface area (TPSA) is 74.9 Å². The lowest BCUT2D eigenvalue weighted by Gasteiger charge is -2.24. The van der Waals surface area contributed by atoms with Gasteiger partial charge in [-0.05, 0) is 42.8 Å². The van der Waals surface area contributed by atoms with Gasteiger partial charge in [0.2, 0.25) is 0 Å². The summed E-state index contributed by atoms with van der Waals surface area (Å²) < 4.78 is 2.26. The van der Waals surface area contributed by atoms with E-state index in [1.807, 2.05) is 48.7 Å². The number of amides is 1. The lowest BCUT2D eigenvalue weighted by molar-refractivity contribution is 0.0679. The molecule has 7 heteroatoms. The first-order valence-electron chi connectivity index (χ1n) is 10.0. The molecule has 1 aromatic carbocycles. The SMILES string of the molecule is Cc1nn2c(=O)c(-c3ccccc3)cc(C(=O)N3CCC[C@@H]3CO)c2c2sccc12. The minimum Gasteiger partial charge on any atom is -0.394 e. The summed E-state index contributed by atoms with van der Waals surface area (Å²) in [6.07, 6.45) is 1.64. The zero-order chi connectivity index (χ0) is 20.8. The first kappa shape index (κ1) is 19.0. The molecular weight excluding hydrogens is 398 g/mol. The van der Waals surface area contributed by atoms with Gasteiger partial charge in [-0.3, -0.25) is 9.59 Å². The molecule has 0 saturated carbocycles. The van der Waals surface area contributed by atoms with Crippen molar-refractivity contribution in [1.82, 2.24) is 14.5 Å². The molecular formula is C23H21N3O3S. The van der Waals surface area contributed by atoms with Crippen molar-refractivity contribution < 1.29 is 9.90 Å². The quantitative estimate of drug-likeness (QED) is 0.552. The summed E-state index contributed by atoms with van der Waals surface area (Å²) in [6.45, 7) is 2.41. The molecule has 1 N–H and O–H groups in total. The largest absolute Gasteiger partial charge is 0.394 e. The maximum absolute atomic E-state index is 13.7. The molecule has 4 aromatic rings. The summed E-state index contributed by atoms with van der Waals surface area (Å²) in [4.78, 5) is 28.8. The van der Waals surface area contributed by atoms with E-state index in [2.05, 4.69) is 5.10 Å². The number of aryl methyl sites for hydroxylation is 1. The molecule has 5 rings (SSSR count). The summed E-state index contributed by atoms with van der Waals surface area (Å²) in [5, 5.41) is 17.2. The number of fused-ring (bicyclic) bond motifs is 3. The predicted octanol–water partition coefficient (Wildman–Crippen LogP) is 3.48. The van der Waals surface area contributed by atoms with E-state index in [9.17, 15) is 14.7 Å².